The molecule has 2 fully saturated rings. The maximum Gasteiger partial charge on any atom is 0.410 e. The summed E-state index contributed by atoms with van der Waals surface area (Å²) in [7, 11) is 0. The Kier molecular flexibility index (Phi) is 6.09. The van der Waals surface area contributed by atoms with Crippen molar-refractivity contribution >= 4 is 6.09 Å². The Labute approximate surface area is 134 Å². The molecule has 2 N–H and O–H groups in total. The molecule has 1 saturated carbocycles. The highest BCUT2D eigenvalue weighted by molar-refractivity contribution is 5.68. The Bertz CT molecular complexity index is 367. The van der Waals surface area contributed by atoms with Gasteiger partial charge in [0, 0.05) is 25.2 Å². The van der Waals surface area contributed by atoms with Crippen LogP contribution in [0.1, 0.15) is 65.7 Å². The fourth-order valence-electron chi connectivity index (χ4n) is 3.42. The van der Waals surface area contributed by atoms with Crippen molar-refractivity contribution in [3.05, 3.63) is 0 Å². The molecule has 22 heavy (non-hydrogen) atoms. The van der Waals surface area contributed by atoms with E-state index in [0.29, 0.717) is 12.1 Å². The summed E-state index contributed by atoms with van der Waals surface area (Å²) in [4.78, 5) is 14.0. The van der Waals surface area contributed by atoms with Gasteiger partial charge in [-0.3, -0.25) is 0 Å². The number of nitrogens with one attached hydrogen (secondary N) is 1. The lowest BCUT2D eigenvalue weighted by molar-refractivity contribution is 0.0256. The van der Waals surface area contributed by atoms with Gasteiger partial charge in [0.05, 0.1) is 6.10 Å². The standard InChI is InChI=1S/C17H32N2O3/c1-17(2,3)22-16(21)19-10-5-7-13(9-11-19)18-14-6-4-8-15(20)12-14/h13-15,18,20H,4-12H2,1-3H3. The normalized spacial score (nSPS) is 30.7. The number of nitrogens with zero attached hydrogens (tertiary/aromatic N) is 1. The summed E-state index contributed by atoms with van der Waals surface area (Å²) in [6.45, 7) is 7.24. The number of carbonyl (C=O) groups excluding carboxylic acids is 1. The molecule has 128 valence electrons. The van der Waals surface area contributed by atoms with Crippen LogP contribution in [0, 0.1) is 0 Å². The molecule has 0 aromatic heterocycles. The third-order valence-electron chi connectivity index (χ3n) is 4.50. The van der Waals surface area contributed by atoms with E-state index in [2.05, 4.69) is 5.32 Å². The van der Waals surface area contributed by atoms with E-state index in [1.807, 2.05) is 25.7 Å². The molecule has 5 heteroatoms. The molecule has 0 aromatic rings. The second-order valence-corrected chi connectivity index (χ2v) is 7.78. The summed E-state index contributed by atoms with van der Waals surface area (Å²) in [6.07, 6.45) is 6.79. The Hall–Kier alpha value is -0.810. The van der Waals surface area contributed by atoms with E-state index < -0.39 is 5.60 Å². The minimum absolute atomic E-state index is 0.143. The van der Waals surface area contributed by atoms with Crippen LogP contribution in [0.4, 0.5) is 4.79 Å². The maximum absolute atomic E-state index is 12.2. The molecule has 2 rings (SSSR count). The molecule has 0 aromatic carbocycles. The lowest BCUT2D eigenvalue weighted by Gasteiger charge is -2.30. The van der Waals surface area contributed by atoms with E-state index in [4.69, 9.17) is 4.74 Å². The Morgan fingerprint density at radius 3 is 2.50 bits per heavy atom. The van der Waals surface area contributed by atoms with Crippen LogP contribution in [0.3, 0.4) is 0 Å². The zero-order valence-electron chi connectivity index (χ0n) is 14.3. The van der Waals surface area contributed by atoms with Crippen LogP contribution < -0.4 is 5.32 Å². The molecular weight excluding hydrogens is 280 g/mol. The van der Waals surface area contributed by atoms with Crippen molar-refractivity contribution in [2.45, 2.75) is 89.5 Å². The van der Waals surface area contributed by atoms with Gasteiger partial charge >= 0.3 is 6.09 Å². The first-order valence-corrected chi connectivity index (χ1v) is 8.75. The number of ether oxygens (including phenoxy) is 1. The number of amides is 1. The van der Waals surface area contributed by atoms with Gasteiger partial charge in [0.25, 0.3) is 0 Å². The van der Waals surface area contributed by atoms with E-state index >= 15 is 0 Å². The zero-order valence-corrected chi connectivity index (χ0v) is 14.3. The monoisotopic (exact) mass is 312 g/mol. The first-order valence-electron chi connectivity index (χ1n) is 8.75. The van der Waals surface area contributed by atoms with E-state index in [-0.39, 0.29) is 12.2 Å². The van der Waals surface area contributed by atoms with Crippen LogP contribution in [0.2, 0.25) is 0 Å². The highest BCUT2D eigenvalue weighted by Gasteiger charge is 2.27. The molecule has 2 aliphatic rings. The highest BCUT2D eigenvalue weighted by Crippen LogP contribution is 2.21. The summed E-state index contributed by atoms with van der Waals surface area (Å²) in [6, 6.07) is 0.879. The predicted molar refractivity (Wildman–Crippen MR) is 86.8 cm³/mol. The van der Waals surface area contributed by atoms with Gasteiger partial charge in [0.1, 0.15) is 5.60 Å². The highest BCUT2D eigenvalue weighted by atomic mass is 16.6. The van der Waals surface area contributed by atoms with Crippen molar-refractivity contribution in [1.29, 1.82) is 0 Å². The van der Waals surface area contributed by atoms with Crippen LogP contribution in [-0.2, 0) is 4.74 Å². The van der Waals surface area contributed by atoms with Gasteiger partial charge in [-0.15, -0.1) is 0 Å². The van der Waals surface area contributed by atoms with E-state index in [9.17, 15) is 9.90 Å². The Balaban J connectivity index is 1.78. The van der Waals surface area contributed by atoms with Gasteiger partial charge < -0.3 is 20.1 Å². The van der Waals surface area contributed by atoms with Crippen molar-refractivity contribution in [2.24, 2.45) is 0 Å². The van der Waals surface area contributed by atoms with E-state index in [1.54, 1.807) is 0 Å². The fourth-order valence-corrected chi connectivity index (χ4v) is 3.42. The molecule has 0 spiro atoms. The molecular formula is C17H32N2O3. The Morgan fingerprint density at radius 2 is 1.82 bits per heavy atom. The third-order valence-corrected chi connectivity index (χ3v) is 4.50. The van der Waals surface area contributed by atoms with Gasteiger partial charge in [-0.05, 0) is 65.7 Å². The molecule has 0 bridgehead atoms. The van der Waals surface area contributed by atoms with Crippen molar-refractivity contribution in [1.82, 2.24) is 10.2 Å². The molecule has 5 nitrogen and oxygen atoms in total. The second kappa shape index (κ2) is 7.64. The van der Waals surface area contributed by atoms with Gasteiger partial charge in [-0.25, -0.2) is 4.79 Å². The van der Waals surface area contributed by atoms with Crippen LogP contribution in [0.25, 0.3) is 0 Å². The molecule has 0 radical (unpaired) electrons. The molecule has 3 unspecified atom stereocenters. The molecule has 1 amide bonds. The smallest absolute Gasteiger partial charge is 0.410 e. The van der Waals surface area contributed by atoms with Crippen molar-refractivity contribution in [2.75, 3.05) is 13.1 Å². The summed E-state index contributed by atoms with van der Waals surface area (Å²) >= 11 is 0. The Morgan fingerprint density at radius 1 is 1.09 bits per heavy atom. The average molecular weight is 312 g/mol. The minimum atomic E-state index is -0.431. The predicted octanol–water partition coefficient (Wildman–Crippen LogP) is 2.67. The van der Waals surface area contributed by atoms with E-state index in [1.165, 1.54) is 0 Å². The number of carbonyl (C=O) groups is 1. The lowest BCUT2D eigenvalue weighted by Crippen LogP contribution is -2.43. The first-order chi connectivity index (χ1) is 10.3. The second-order valence-electron chi connectivity index (χ2n) is 7.78. The molecule has 1 aliphatic carbocycles. The summed E-state index contributed by atoms with van der Waals surface area (Å²) in [5, 5.41) is 13.5. The van der Waals surface area contributed by atoms with Gasteiger partial charge in [-0.2, -0.15) is 0 Å². The number of hydrogen-bond donors (Lipinski definition) is 2. The number of hydrogen-bond acceptors (Lipinski definition) is 4. The average Bonchev–Trinajstić information content (AvgIpc) is 2.62. The quantitative estimate of drug-likeness (QED) is 0.823. The van der Waals surface area contributed by atoms with Gasteiger partial charge in [0.15, 0.2) is 0 Å². The molecule has 1 aliphatic heterocycles. The summed E-state index contributed by atoms with van der Waals surface area (Å²) in [5.41, 5.74) is -0.431. The van der Waals surface area contributed by atoms with Crippen molar-refractivity contribution in [3.63, 3.8) is 0 Å². The largest absolute Gasteiger partial charge is 0.444 e. The van der Waals surface area contributed by atoms with Gasteiger partial charge in [-0.1, -0.05) is 0 Å². The van der Waals surface area contributed by atoms with Crippen molar-refractivity contribution < 1.29 is 14.6 Å². The number of rotatable bonds is 2. The first kappa shape index (κ1) is 17.5. The third kappa shape index (κ3) is 5.76. The van der Waals surface area contributed by atoms with Gasteiger partial charge in [0.2, 0.25) is 0 Å². The lowest BCUT2D eigenvalue weighted by atomic mass is 9.92. The maximum atomic E-state index is 12.2. The van der Waals surface area contributed by atoms with E-state index in [0.717, 1.165) is 58.0 Å². The topological polar surface area (TPSA) is 61.8 Å². The number of aliphatic hydroxyl groups is 1. The molecule has 1 heterocycles. The van der Waals surface area contributed by atoms with Crippen molar-refractivity contribution in [3.8, 4) is 0 Å². The zero-order chi connectivity index (χ0) is 16.2. The number of aliphatic hydroxyl groups excluding tert-OH is 1. The van der Waals surface area contributed by atoms with Crippen LogP contribution in [0.15, 0.2) is 0 Å². The summed E-state index contributed by atoms with van der Waals surface area (Å²) in [5.74, 6) is 0. The van der Waals surface area contributed by atoms with Crippen LogP contribution in [0.5, 0.6) is 0 Å². The minimum Gasteiger partial charge on any atom is -0.444 e. The fraction of sp³-hybridized carbons (Fsp3) is 0.941. The summed E-state index contributed by atoms with van der Waals surface area (Å²) < 4.78 is 5.47. The van der Waals surface area contributed by atoms with Crippen LogP contribution >= 0.6 is 0 Å². The molecule has 3 atom stereocenters. The van der Waals surface area contributed by atoms with Crippen LogP contribution in [-0.4, -0.2) is 53.0 Å². The SMILES string of the molecule is CC(C)(C)OC(=O)N1CCCC(NC2CCCC(O)C2)CC1. The number of likely N-dealkylation sites (tertiary alicyclic amines) is 1. The molecule has 1 saturated heterocycles.